The van der Waals surface area contributed by atoms with Crippen molar-refractivity contribution >= 4 is 5.97 Å². The lowest BCUT2D eigenvalue weighted by atomic mass is 10.1. The van der Waals surface area contributed by atoms with Crippen LogP contribution < -0.4 is 0 Å². The quantitative estimate of drug-likeness (QED) is 0.469. The molecule has 0 spiro atoms. The first kappa shape index (κ1) is 10.0. The van der Waals surface area contributed by atoms with Crippen LogP contribution in [0.1, 0.15) is 38.5 Å². The molecule has 0 atom stereocenters. The zero-order chi connectivity index (χ0) is 8.53. The molecule has 0 heterocycles. The zero-order valence-electron chi connectivity index (χ0n) is 6.68. The molecule has 0 aliphatic rings. The van der Waals surface area contributed by atoms with E-state index in [4.69, 9.17) is 11.5 Å². The normalized spacial score (nSPS) is 9.00. The molecule has 0 amide bonds. The number of carboxylic acids is 1. The Morgan fingerprint density at radius 2 is 1.91 bits per heavy atom. The van der Waals surface area contributed by atoms with Gasteiger partial charge in [-0.1, -0.05) is 12.8 Å². The van der Waals surface area contributed by atoms with E-state index in [1.54, 1.807) is 0 Å². The molecule has 0 aromatic heterocycles. The summed E-state index contributed by atoms with van der Waals surface area (Å²) in [4.78, 5) is 10.1. The average Bonchev–Trinajstić information content (AvgIpc) is 1.96. The Hall–Kier alpha value is -0.970. The highest BCUT2D eigenvalue weighted by molar-refractivity contribution is 5.66. The summed E-state index contributed by atoms with van der Waals surface area (Å²) < 4.78 is 0. The van der Waals surface area contributed by atoms with Gasteiger partial charge in [0.1, 0.15) is 0 Å². The Kier molecular flexibility index (Phi) is 6.51. The molecule has 0 aromatic carbocycles. The number of terminal acetylenes is 1. The topological polar surface area (TPSA) is 37.3 Å². The minimum Gasteiger partial charge on any atom is -0.481 e. The van der Waals surface area contributed by atoms with Gasteiger partial charge >= 0.3 is 5.97 Å². The lowest BCUT2D eigenvalue weighted by Gasteiger charge is -1.95. The molecule has 2 heteroatoms. The van der Waals surface area contributed by atoms with Gasteiger partial charge < -0.3 is 5.11 Å². The van der Waals surface area contributed by atoms with Gasteiger partial charge in [-0.15, -0.1) is 12.3 Å². The molecule has 0 radical (unpaired) electrons. The van der Waals surface area contributed by atoms with Crippen LogP contribution >= 0.6 is 0 Å². The minimum atomic E-state index is -0.707. The predicted octanol–water partition coefficient (Wildman–Crippen LogP) is 2.04. The van der Waals surface area contributed by atoms with Crippen molar-refractivity contribution in [3.05, 3.63) is 0 Å². The third kappa shape index (κ3) is 9.03. The number of carboxylic acid groups (broad SMARTS) is 1. The maximum Gasteiger partial charge on any atom is 0.303 e. The monoisotopic (exact) mass is 154 g/mol. The third-order valence-corrected chi connectivity index (χ3v) is 1.46. The summed E-state index contributed by atoms with van der Waals surface area (Å²) in [5.74, 6) is 1.84. The summed E-state index contributed by atoms with van der Waals surface area (Å²) in [5.41, 5.74) is 0. The molecule has 0 saturated heterocycles. The van der Waals surface area contributed by atoms with Crippen LogP contribution in [0.15, 0.2) is 0 Å². The molecule has 0 bridgehead atoms. The fourth-order valence-electron chi connectivity index (χ4n) is 0.857. The van der Waals surface area contributed by atoms with E-state index in [9.17, 15) is 4.79 Å². The zero-order valence-corrected chi connectivity index (χ0v) is 6.68. The minimum absolute atomic E-state index is 0.288. The van der Waals surface area contributed by atoms with Crippen molar-refractivity contribution in [2.24, 2.45) is 0 Å². The second kappa shape index (κ2) is 7.14. The Morgan fingerprint density at radius 3 is 2.45 bits per heavy atom. The highest BCUT2D eigenvalue weighted by Gasteiger charge is 1.95. The van der Waals surface area contributed by atoms with E-state index in [0.29, 0.717) is 0 Å². The molecular weight excluding hydrogens is 140 g/mol. The molecule has 0 fully saturated rings. The molecule has 0 aliphatic heterocycles. The van der Waals surface area contributed by atoms with Crippen molar-refractivity contribution in [1.29, 1.82) is 0 Å². The van der Waals surface area contributed by atoms with E-state index < -0.39 is 5.97 Å². The number of carbonyl (C=O) groups is 1. The first-order valence-electron chi connectivity index (χ1n) is 3.92. The molecule has 0 saturated carbocycles. The predicted molar refractivity (Wildman–Crippen MR) is 44.2 cm³/mol. The lowest BCUT2D eigenvalue weighted by molar-refractivity contribution is -0.137. The summed E-state index contributed by atoms with van der Waals surface area (Å²) in [6.07, 6.45) is 9.98. The van der Waals surface area contributed by atoms with Crippen LogP contribution in [0.5, 0.6) is 0 Å². The van der Waals surface area contributed by atoms with E-state index in [-0.39, 0.29) is 6.42 Å². The number of aliphatic carboxylic acids is 1. The van der Waals surface area contributed by atoms with Gasteiger partial charge in [-0.3, -0.25) is 4.79 Å². The Balaban J connectivity index is 2.92. The SMILES string of the molecule is C#CCCCCCCC(=O)O. The summed E-state index contributed by atoms with van der Waals surface area (Å²) in [7, 11) is 0. The van der Waals surface area contributed by atoms with Gasteiger partial charge in [-0.05, 0) is 12.8 Å². The van der Waals surface area contributed by atoms with Gasteiger partial charge in [0, 0.05) is 12.8 Å². The fourth-order valence-corrected chi connectivity index (χ4v) is 0.857. The van der Waals surface area contributed by atoms with Crippen LogP contribution in [-0.4, -0.2) is 11.1 Å². The number of hydrogen-bond donors (Lipinski definition) is 1. The van der Waals surface area contributed by atoms with Crippen LogP contribution in [0.3, 0.4) is 0 Å². The van der Waals surface area contributed by atoms with Crippen LogP contribution in [-0.2, 0) is 4.79 Å². The Bertz CT molecular complexity index is 144. The van der Waals surface area contributed by atoms with Crippen molar-refractivity contribution < 1.29 is 9.90 Å². The van der Waals surface area contributed by atoms with Gasteiger partial charge in [0.15, 0.2) is 0 Å². The van der Waals surface area contributed by atoms with Crippen LogP contribution in [0, 0.1) is 12.3 Å². The van der Waals surface area contributed by atoms with E-state index in [1.165, 1.54) is 0 Å². The van der Waals surface area contributed by atoms with Crippen molar-refractivity contribution in [2.45, 2.75) is 38.5 Å². The largest absolute Gasteiger partial charge is 0.481 e. The van der Waals surface area contributed by atoms with Gasteiger partial charge in [0.2, 0.25) is 0 Å². The molecule has 2 nitrogen and oxygen atoms in total. The van der Waals surface area contributed by atoms with Gasteiger partial charge in [0.05, 0.1) is 0 Å². The van der Waals surface area contributed by atoms with Crippen molar-refractivity contribution in [2.75, 3.05) is 0 Å². The van der Waals surface area contributed by atoms with Gasteiger partial charge in [-0.2, -0.15) is 0 Å². The molecule has 0 unspecified atom stereocenters. The van der Waals surface area contributed by atoms with Crippen molar-refractivity contribution in [3.8, 4) is 12.3 Å². The second-order valence-electron chi connectivity index (χ2n) is 2.51. The van der Waals surface area contributed by atoms with E-state index in [2.05, 4.69) is 5.92 Å². The van der Waals surface area contributed by atoms with E-state index in [1.807, 2.05) is 0 Å². The molecule has 0 aliphatic carbocycles. The summed E-state index contributed by atoms with van der Waals surface area (Å²) in [6, 6.07) is 0. The van der Waals surface area contributed by atoms with Gasteiger partial charge in [0.25, 0.3) is 0 Å². The second-order valence-corrected chi connectivity index (χ2v) is 2.51. The maximum atomic E-state index is 10.1. The van der Waals surface area contributed by atoms with Gasteiger partial charge in [-0.25, -0.2) is 0 Å². The van der Waals surface area contributed by atoms with Crippen LogP contribution in [0.2, 0.25) is 0 Å². The summed E-state index contributed by atoms with van der Waals surface area (Å²) in [6.45, 7) is 0. The first-order chi connectivity index (χ1) is 5.27. The Labute approximate surface area is 67.6 Å². The average molecular weight is 154 g/mol. The third-order valence-electron chi connectivity index (χ3n) is 1.46. The molecule has 0 aromatic rings. The highest BCUT2D eigenvalue weighted by Crippen LogP contribution is 2.04. The molecular formula is C9H14O2. The standard InChI is InChI=1S/C9H14O2/c1-2-3-4-5-6-7-8-9(10)11/h1H,3-8H2,(H,10,11). The molecule has 62 valence electrons. The fraction of sp³-hybridized carbons (Fsp3) is 0.667. The lowest BCUT2D eigenvalue weighted by Crippen LogP contribution is -1.93. The van der Waals surface area contributed by atoms with Crippen molar-refractivity contribution in [1.82, 2.24) is 0 Å². The summed E-state index contributed by atoms with van der Waals surface area (Å²) in [5, 5.41) is 8.28. The smallest absolute Gasteiger partial charge is 0.303 e. The number of hydrogen-bond acceptors (Lipinski definition) is 1. The maximum absolute atomic E-state index is 10.1. The van der Waals surface area contributed by atoms with Crippen LogP contribution in [0.25, 0.3) is 0 Å². The molecule has 0 rings (SSSR count). The highest BCUT2D eigenvalue weighted by atomic mass is 16.4. The van der Waals surface area contributed by atoms with Crippen LogP contribution in [0.4, 0.5) is 0 Å². The van der Waals surface area contributed by atoms with Crippen molar-refractivity contribution in [3.63, 3.8) is 0 Å². The molecule has 1 N–H and O–H groups in total. The molecule has 11 heavy (non-hydrogen) atoms. The first-order valence-corrected chi connectivity index (χ1v) is 3.92. The number of unbranched alkanes of at least 4 members (excludes halogenated alkanes) is 4. The Morgan fingerprint density at radius 1 is 1.27 bits per heavy atom. The van der Waals surface area contributed by atoms with E-state index >= 15 is 0 Å². The number of rotatable bonds is 6. The van der Waals surface area contributed by atoms with E-state index in [0.717, 1.165) is 32.1 Å². The summed E-state index contributed by atoms with van der Waals surface area (Å²) >= 11 is 0.